The molecule has 0 saturated carbocycles. The molecular formula is C28H26N4O4. The molecule has 8 nitrogen and oxygen atoms in total. The van der Waals surface area contributed by atoms with Crippen molar-refractivity contribution in [1.29, 1.82) is 0 Å². The van der Waals surface area contributed by atoms with Gasteiger partial charge in [0.15, 0.2) is 0 Å². The monoisotopic (exact) mass is 482 g/mol. The van der Waals surface area contributed by atoms with E-state index in [2.05, 4.69) is 15.0 Å². The summed E-state index contributed by atoms with van der Waals surface area (Å²) in [5.74, 6) is -0.864. The number of aryl methyl sites for hydroxylation is 1. The van der Waals surface area contributed by atoms with E-state index in [0.29, 0.717) is 22.5 Å². The van der Waals surface area contributed by atoms with Crippen LogP contribution in [0.15, 0.2) is 66.4 Å². The van der Waals surface area contributed by atoms with E-state index in [1.54, 1.807) is 49.7 Å². The fourth-order valence-electron chi connectivity index (χ4n) is 4.58. The Labute approximate surface area is 208 Å². The third kappa shape index (κ3) is 3.80. The molecule has 2 aromatic carbocycles. The zero-order chi connectivity index (χ0) is 25.6. The quantitative estimate of drug-likeness (QED) is 0.235. The lowest BCUT2D eigenvalue weighted by Crippen LogP contribution is -2.30. The summed E-state index contributed by atoms with van der Waals surface area (Å²) >= 11 is 0. The van der Waals surface area contributed by atoms with Crippen LogP contribution >= 0.6 is 0 Å². The van der Waals surface area contributed by atoms with Crippen LogP contribution in [0, 0.1) is 6.92 Å². The Balaban J connectivity index is 1.71. The van der Waals surface area contributed by atoms with E-state index in [1.807, 2.05) is 39.0 Å². The maximum Gasteiger partial charge on any atom is 0.302 e. The summed E-state index contributed by atoms with van der Waals surface area (Å²) < 4.78 is 5.46. The zero-order valence-corrected chi connectivity index (χ0v) is 20.4. The van der Waals surface area contributed by atoms with Gasteiger partial charge in [0.05, 0.1) is 29.4 Å². The number of aliphatic hydroxyl groups excluding tert-OH is 1. The van der Waals surface area contributed by atoms with Gasteiger partial charge in [0.2, 0.25) is 5.95 Å². The largest absolute Gasteiger partial charge is 0.507 e. The van der Waals surface area contributed by atoms with E-state index in [-0.39, 0.29) is 23.2 Å². The van der Waals surface area contributed by atoms with Crippen LogP contribution in [0.4, 0.5) is 5.95 Å². The van der Waals surface area contributed by atoms with Gasteiger partial charge in [-0.1, -0.05) is 26.0 Å². The van der Waals surface area contributed by atoms with Crippen molar-refractivity contribution in [2.24, 2.45) is 0 Å². The lowest BCUT2D eigenvalue weighted by molar-refractivity contribution is -0.132. The second kappa shape index (κ2) is 8.96. The normalized spacial score (nSPS) is 17.4. The minimum Gasteiger partial charge on any atom is -0.507 e. The second-order valence-corrected chi connectivity index (χ2v) is 9.12. The van der Waals surface area contributed by atoms with Crippen molar-refractivity contribution in [3.05, 3.63) is 88.8 Å². The number of amides is 1. The number of anilines is 1. The summed E-state index contributed by atoms with van der Waals surface area (Å²) in [4.78, 5) is 40.2. The molecule has 5 rings (SSSR count). The number of methoxy groups -OCH3 is 1. The van der Waals surface area contributed by atoms with Gasteiger partial charge in [-0.2, -0.15) is 0 Å². The van der Waals surface area contributed by atoms with Gasteiger partial charge in [0, 0.05) is 11.8 Å². The molecule has 0 aliphatic carbocycles. The van der Waals surface area contributed by atoms with E-state index >= 15 is 0 Å². The molecule has 8 heteroatoms. The smallest absolute Gasteiger partial charge is 0.302 e. The van der Waals surface area contributed by atoms with Gasteiger partial charge in [-0.25, -0.2) is 4.98 Å². The van der Waals surface area contributed by atoms with Crippen molar-refractivity contribution in [2.45, 2.75) is 32.7 Å². The Morgan fingerprint density at radius 1 is 1.11 bits per heavy atom. The van der Waals surface area contributed by atoms with E-state index in [1.165, 1.54) is 4.90 Å². The number of ketones is 1. The number of aromatic nitrogens is 3. The molecule has 1 saturated heterocycles. The molecule has 1 amide bonds. The summed E-state index contributed by atoms with van der Waals surface area (Å²) in [6.45, 7) is 5.98. The molecule has 1 unspecified atom stereocenters. The van der Waals surface area contributed by atoms with Crippen LogP contribution < -0.4 is 9.64 Å². The molecular weight excluding hydrogens is 456 g/mol. The highest BCUT2D eigenvalue weighted by Gasteiger charge is 2.48. The third-order valence-electron chi connectivity index (χ3n) is 6.39. The Hall–Kier alpha value is -4.46. The van der Waals surface area contributed by atoms with Crippen molar-refractivity contribution in [3.63, 3.8) is 0 Å². The van der Waals surface area contributed by atoms with Crippen LogP contribution in [0.3, 0.4) is 0 Å². The number of imidazole rings is 1. The molecule has 3 heterocycles. The fourth-order valence-corrected chi connectivity index (χ4v) is 4.58. The molecule has 1 fully saturated rings. The minimum atomic E-state index is -0.961. The number of Topliss-reactive ketones (excluding diaryl/α,β-unsaturated/α-hetero) is 1. The number of aliphatic hydroxyl groups is 1. The van der Waals surface area contributed by atoms with Crippen LogP contribution in [0.5, 0.6) is 5.75 Å². The average Bonchev–Trinajstić information content (AvgIpc) is 3.41. The third-order valence-corrected chi connectivity index (χ3v) is 6.39. The molecule has 0 radical (unpaired) electrons. The topological polar surface area (TPSA) is 108 Å². The number of benzene rings is 2. The maximum absolute atomic E-state index is 13.4. The van der Waals surface area contributed by atoms with Gasteiger partial charge in [0.25, 0.3) is 5.78 Å². The number of pyridine rings is 1. The van der Waals surface area contributed by atoms with Crippen molar-refractivity contribution >= 4 is 34.4 Å². The van der Waals surface area contributed by atoms with Gasteiger partial charge in [-0.05, 0) is 66.4 Å². The van der Waals surface area contributed by atoms with Gasteiger partial charge < -0.3 is 14.8 Å². The lowest BCUT2D eigenvalue weighted by Gasteiger charge is -2.22. The van der Waals surface area contributed by atoms with E-state index in [9.17, 15) is 14.7 Å². The van der Waals surface area contributed by atoms with Crippen LogP contribution in [-0.2, 0) is 9.59 Å². The molecule has 182 valence electrons. The van der Waals surface area contributed by atoms with Crippen LogP contribution in [0.1, 0.15) is 48.2 Å². The number of hydrogen-bond acceptors (Lipinski definition) is 6. The minimum absolute atomic E-state index is 0.0461. The Morgan fingerprint density at radius 2 is 1.92 bits per heavy atom. The first-order valence-electron chi connectivity index (χ1n) is 11.7. The van der Waals surface area contributed by atoms with E-state index in [4.69, 9.17) is 4.74 Å². The number of fused-ring (bicyclic) bond motifs is 1. The van der Waals surface area contributed by atoms with Crippen LogP contribution in [0.25, 0.3) is 16.8 Å². The standard InChI is InChI=1S/C28H26N4O4/c1-15(2)18-14-17(9-11-22(18)36-4)25(33)23-24(20-7-5-6-12-29-20)32(27(35)26(23)34)28-30-19-10-8-16(3)13-21(19)31-28/h5-15,24,33H,1-4H3,(H,30,31)/b25-23+. The van der Waals surface area contributed by atoms with Gasteiger partial charge in [-0.3, -0.25) is 19.5 Å². The number of nitrogens with zero attached hydrogens (tertiary/aromatic N) is 3. The van der Waals surface area contributed by atoms with E-state index < -0.39 is 17.7 Å². The Bertz CT molecular complexity index is 1520. The van der Waals surface area contributed by atoms with Gasteiger partial charge >= 0.3 is 5.91 Å². The molecule has 1 aliphatic heterocycles. The molecule has 1 aliphatic rings. The summed E-state index contributed by atoms with van der Waals surface area (Å²) in [6.07, 6.45) is 1.59. The molecule has 2 aromatic heterocycles. The number of nitrogens with one attached hydrogen (secondary N) is 1. The molecule has 0 bridgehead atoms. The second-order valence-electron chi connectivity index (χ2n) is 9.12. The predicted molar refractivity (Wildman–Crippen MR) is 137 cm³/mol. The molecule has 4 aromatic rings. The highest BCUT2D eigenvalue weighted by atomic mass is 16.5. The number of aromatic amines is 1. The highest BCUT2D eigenvalue weighted by molar-refractivity contribution is 6.51. The predicted octanol–water partition coefficient (Wildman–Crippen LogP) is 5.02. The first kappa shape index (κ1) is 23.3. The van der Waals surface area contributed by atoms with E-state index in [0.717, 1.165) is 16.6 Å². The number of H-pyrrole nitrogens is 1. The van der Waals surface area contributed by atoms with Crippen LogP contribution in [0.2, 0.25) is 0 Å². The number of carbonyl (C=O) groups excluding carboxylic acids is 2. The number of ether oxygens (including phenoxy) is 1. The Morgan fingerprint density at radius 3 is 2.61 bits per heavy atom. The zero-order valence-electron chi connectivity index (χ0n) is 20.4. The number of hydrogen-bond donors (Lipinski definition) is 2. The molecule has 36 heavy (non-hydrogen) atoms. The molecule has 0 spiro atoms. The van der Waals surface area contributed by atoms with Gasteiger partial charge in [-0.15, -0.1) is 0 Å². The van der Waals surface area contributed by atoms with Crippen molar-refractivity contribution in [1.82, 2.24) is 15.0 Å². The number of rotatable bonds is 5. The summed E-state index contributed by atoms with van der Waals surface area (Å²) in [5.41, 5.74) is 4.11. The molecule has 1 atom stereocenters. The van der Waals surface area contributed by atoms with Gasteiger partial charge in [0.1, 0.15) is 17.6 Å². The summed E-state index contributed by atoms with van der Waals surface area (Å²) in [7, 11) is 1.59. The van der Waals surface area contributed by atoms with Crippen molar-refractivity contribution in [3.8, 4) is 5.75 Å². The number of carbonyl (C=O) groups is 2. The fraction of sp³-hybridized carbons (Fsp3) is 0.214. The highest BCUT2D eigenvalue weighted by Crippen LogP contribution is 2.41. The first-order chi connectivity index (χ1) is 17.3. The molecule has 2 N–H and O–H groups in total. The average molecular weight is 483 g/mol. The Kier molecular flexibility index (Phi) is 5.80. The summed E-state index contributed by atoms with van der Waals surface area (Å²) in [5, 5.41) is 11.4. The SMILES string of the molecule is COc1ccc(/C(O)=C2\C(=O)C(=O)N(c3nc4ccc(C)cc4[nH]3)C2c2ccccn2)cc1C(C)C. The van der Waals surface area contributed by atoms with Crippen molar-refractivity contribution < 1.29 is 19.4 Å². The summed E-state index contributed by atoms with van der Waals surface area (Å²) in [6, 6.07) is 15.2. The first-order valence-corrected chi connectivity index (χ1v) is 11.7. The van der Waals surface area contributed by atoms with Crippen LogP contribution in [-0.4, -0.2) is 38.9 Å². The maximum atomic E-state index is 13.4. The lowest BCUT2D eigenvalue weighted by atomic mass is 9.94. The van der Waals surface area contributed by atoms with Crippen molar-refractivity contribution in [2.75, 3.05) is 12.0 Å².